The molecule has 0 atom stereocenters. The molecule has 148 valence electrons. The van der Waals surface area contributed by atoms with Crippen molar-refractivity contribution in [2.45, 2.75) is 6.54 Å². The highest BCUT2D eigenvalue weighted by Gasteiger charge is 2.08. The summed E-state index contributed by atoms with van der Waals surface area (Å²) in [5, 5.41) is 6.27. The minimum absolute atomic E-state index is 0.184. The number of anilines is 3. The van der Waals surface area contributed by atoms with E-state index in [4.69, 9.17) is 5.73 Å². The number of amides is 1. The highest BCUT2D eigenvalue weighted by Crippen LogP contribution is 2.22. The van der Waals surface area contributed by atoms with E-state index < -0.39 is 0 Å². The van der Waals surface area contributed by atoms with Gasteiger partial charge in [-0.3, -0.25) is 9.78 Å². The highest BCUT2D eigenvalue weighted by atomic mass is 16.1. The monoisotopic (exact) mass is 394 g/mol. The molecule has 4 rings (SSSR count). The van der Waals surface area contributed by atoms with Gasteiger partial charge in [0.25, 0.3) is 5.91 Å². The van der Waals surface area contributed by atoms with Crippen LogP contribution in [0.15, 0.2) is 97.3 Å². The van der Waals surface area contributed by atoms with Gasteiger partial charge >= 0.3 is 0 Å². The summed E-state index contributed by atoms with van der Waals surface area (Å²) in [7, 11) is 0. The lowest BCUT2D eigenvalue weighted by atomic mass is 10.1. The van der Waals surface area contributed by atoms with Crippen LogP contribution in [0.4, 0.5) is 17.1 Å². The Balaban J connectivity index is 1.38. The Hall–Kier alpha value is -4.12. The smallest absolute Gasteiger partial charge is 0.255 e. The van der Waals surface area contributed by atoms with E-state index in [-0.39, 0.29) is 5.91 Å². The second-order valence-corrected chi connectivity index (χ2v) is 6.91. The zero-order valence-electron chi connectivity index (χ0n) is 16.4. The van der Waals surface area contributed by atoms with Crippen LogP contribution in [0, 0.1) is 0 Å². The summed E-state index contributed by atoms with van der Waals surface area (Å²) in [6.45, 7) is 0.657. The van der Waals surface area contributed by atoms with Gasteiger partial charge in [0, 0.05) is 35.8 Å². The van der Waals surface area contributed by atoms with Crippen molar-refractivity contribution >= 4 is 23.0 Å². The van der Waals surface area contributed by atoms with E-state index >= 15 is 0 Å². The Bertz CT molecular complexity index is 1140. The number of aromatic nitrogens is 1. The fraction of sp³-hybridized carbons (Fsp3) is 0.0400. The van der Waals surface area contributed by atoms with Crippen LogP contribution in [0.25, 0.3) is 11.1 Å². The van der Waals surface area contributed by atoms with Gasteiger partial charge in [0.15, 0.2) is 0 Å². The molecule has 1 amide bonds. The van der Waals surface area contributed by atoms with Crippen molar-refractivity contribution in [1.82, 2.24) is 4.98 Å². The molecule has 0 saturated heterocycles. The van der Waals surface area contributed by atoms with E-state index in [2.05, 4.69) is 27.8 Å². The standard InChI is InChI=1S/C25H22N4O/c26-23-8-1-2-9-24(23)29-25(30)19-12-10-18(11-13-19)16-28-22-7-3-5-20(15-22)21-6-4-14-27-17-21/h1-15,17,28H,16,26H2,(H,29,30). The van der Waals surface area contributed by atoms with Crippen LogP contribution in [0.2, 0.25) is 0 Å². The van der Waals surface area contributed by atoms with E-state index in [1.165, 1.54) is 0 Å². The average molecular weight is 394 g/mol. The lowest BCUT2D eigenvalue weighted by Crippen LogP contribution is -2.13. The fourth-order valence-electron chi connectivity index (χ4n) is 3.13. The van der Waals surface area contributed by atoms with E-state index in [1.807, 2.05) is 66.9 Å². The molecule has 0 radical (unpaired) electrons. The predicted molar refractivity (Wildman–Crippen MR) is 122 cm³/mol. The van der Waals surface area contributed by atoms with Crippen LogP contribution in [0.1, 0.15) is 15.9 Å². The van der Waals surface area contributed by atoms with Gasteiger partial charge in [0.2, 0.25) is 0 Å². The molecule has 30 heavy (non-hydrogen) atoms. The summed E-state index contributed by atoms with van der Waals surface area (Å²) >= 11 is 0. The quantitative estimate of drug-likeness (QED) is 0.393. The molecule has 0 saturated carbocycles. The molecule has 0 unspecified atom stereocenters. The molecule has 0 spiro atoms. The van der Waals surface area contributed by atoms with E-state index in [1.54, 1.807) is 18.3 Å². The second-order valence-electron chi connectivity index (χ2n) is 6.91. The number of nitrogen functional groups attached to an aromatic ring is 1. The average Bonchev–Trinajstić information content (AvgIpc) is 2.80. The Labute approximate surface area is 175 Å². The number of para-hydroxylation sites is 2. The molecule has 1 aromatic heterocycles. The van der Waals surface area contributed by atoms with Crippen molar-refractivity contribution in [2.75, 3.05) is 16.4 Å². The molecule has 4 aromatic rings. The Morgan fingerprint density at radius 3 is 2.43 bits per heavy atom. The van der Waals surface area contributed by atoms with Crippen LogP contribution in [-0.2, 0) is 6.54 Å². The summed E-state index contributed by atoms with van der Waals surface area (Å²) in [6, 6.07) is 26.9. The van der Waals surface area contributed by atoms with Gasteiger partial charge in [-0.25, -0.2) is 0 Å². The van der Waals surface area contributed by atoms with E-state index in [0.29, 0.717) is 23.5 Å². The minimum atomic E-state index is -0.184. The number of hydrogen-bond acceptors (Lipinski definition) is 4. The van der Waals surface area contributed by atoms with Gasteiger partial charge in [-0.15, -0.1) is 0 Å². The number of carbonyl (C=O) groups excluding carboxylic acids is 1. The predicted octanol–water partition coefficient (Wildman–Crippen LogP) is 5.20. The van der Waals surface area contributed by atoms with Gasteiger partial charge in [0.1, 0.15) is 0 Å². The SMILES string of the molecule is Nc1ccccc1NC(=O)c1ccc(CNc2cccc(-c3cccnc3)c2)cc1. The number of pyridine rings is 1. The molecule has 0 aliphatic carbocycles. The molecule has 0 bridgehead atoms. The Morgan fingerprint density at radius 2 is 1.67 bits per heavy atom. The summed E-state index contributed by atoms with van der Waals surface area (Å²) in [6.07, 6.45) is 3.62. The Kier molecular flexibility index (Phi) is 5.71. The maximum atomic E-state index is 12.4. The van der Waals surface area contributed by atoms with Crippen molar-refractivity contribution in [3.8, 4) is 11.1 Å². The zero-order valence-corrected chi connectivity index (χ0v) is 16.4. The summed E-state index contributed by atoms with van der Waals surface area (Å²) in [5.74, 6) is -0.184. The van der Waals surface area contributed by atoms with Crippen LogP contribution >= 0.6 is 0 Å². The lowest BCUT2D eigenvalue weighted by Gasteiger charge is -2.10. The van der Waals surface area contributed by atoms with Gasteiger partial charge in [-0.2, -0.15) is 0 Å². The van der Waals surface area contributed by atoms with Gasteiger partial charge in [-0.05, 0) is 53.6 Å². The zero-order chi connectivity index (χ0) is 20.8. The number of rotatable bonds is 6. The lowest BCUT2D eigenvalue weighted by molar-refractivity contribution is 0.102. The van der Waals surface area contributed by atoms with Crippen LogP contribution in [-0.4, -0.2) is 10.9 Å². The van der Waals surface area contributed by atoms with Gasteiger partial charge in [-0.1, -0.05) is 42.5 Å². The molecule has 5 nitrogen and oxygen atoms in total. The second kappa shape index (κ2) is 8.92. The maximum absolute atomic E-state index is 12.4. The highest BCUT2D eigenvalue weighted by molar-refractivity contribution is 6.05. The number of carbonyl (C=O) groups is 1. The summed E-state index contributed by atoms with van der Waals surface area (Å²) in [5.41, 5.74) is 11.9. The number of nitrogens with one attached hydrogen (secondary N) is 2. The first-order valence-electron chi connectivity index (χ1n) is 9.68. The van der Waals surface area contributed by atoms with E-state index in [0.717, 1.165) is 22.4 Å². The summed E-state index contributed by atoms with van der Waals surface area (Å²) < 4.78 is 0. The minimum Gasteiger partial charge on any atom is -0.397 e. The first-order valence-corrected chi connectivity index (χ1v) is 9.68. The van der Waals surface area contributed by atoms with Crippen molar-refractivity contribution in [1.29, 1.82) is 0 Å². The van der Waals surface area contributed by atoms with E-state index in [9.17, 15) is 4.79 Å². The molecule has 1 heterocycles. The third-order valence-electron chi connectivity index (χ3n) is 4.78. The number of nitrogens with two attached hydrogens (primary N) is 1. The van der Waals surface area contributed by atoms with Gasteiger partial charge in [0.05, 0.1) is 11.4 Å². The van der Waals surface area contributed by atoms with Crippen molar-refractivity contribution in [3.05, 3.63) is 108 Å². The Morgan fingerprint density at radius 1 is 0.867 bits per heavy atom. The van der Waals surface area contributed by atoms with Crippen molar-refractivity contribution in [3.63, 3.8) is 0 Å². The molecule has 4 N–H and O–H groups in total. The normalized spacial score (nSPS) is 10.4. The molecule has 3 aromatic carbocycles. The number of benzene rings is 3. The molecule has 0 aliphatic rings. The van der Waals surface area contributed by atoms with Crippen LogP contribution in [0.3, 0.4) is 0 Å². The summed E-state index contributed by atoms with van der Waals surface area (Å²) in [4.78, 5) is 16.6. The largest absolute Gasteiger partial charge is 0.397 e. The molecule has 0 fully saturated rings. The molecular weight excluding hydrogens is 372 g/mol. The topological polar surface area (TPSA) is 80.0 Å². The van der Waals surface area contributed by atoms with Crippen molar-refractivity contribution < 1.29 is 4.79 Å². The van der Waals surface area contributed by atoms with Crippen LogP contribution < -0.4 is 16.4 Å². The van der Waals surface area contributed by atoms with Gasteiger partial charge < -0.3 is 16.4 Å². The fourth-order valence-corrected chi connectivity index (χ4v) is 3.13. The number of hydrogen-bond donors (Lipinski definition) is 3. The molecular formula is C25H22N4O. The third-order valence-corrected chi connectivity index (χ3v) is 4.78. The molecule has 5 heteroatoms. The van der Waals surface area contributed by atoms with Crippen LogP contribution in [0.5, 0.6) is 0 Å². The van der Waals surface area contributed by atoms with Crippen molar-refractivity contribution in [2.24, 2.45) is 0 Å². The maximum Gasteiger partial charge on any atom is 0.255 e. The molecule has 0 aliphatic heterocycles. The third kappa shape index (κ3) is 4.64. The number of nitrogens with zero attached hydrogens (tertiary/aromatic N) is 1. The first-order chi connectivity index (χ1) is 14.7. The first kappa shape index (κ1) is 19.2.